The highest BCUT2D eigenvalue weighted by atomic mass is 19.2. The summed E-state index contributed by atoms with van der Waals surface area (Å²) in [4.78, 5) is 0. The van der Waals surface area contributed by atoms with Crippen molar-refractivity contribution in [2.75, 3.05) is 0 Å². The number of unbranched alkanes of at least 4 members (excludes halogenated alkanes) is 1. The molecule has 2 aliphatic carbocycles. The summed E-state index contributed by atoms with van der Waals surface area (Å²) >= 11 is 0. The molecule has 0 radical (unpaired) electrons. The molecule has 2 saturated carbocycles. The zero-order valence-corrected chi connectivity index (χ0v) is 24.6. The van der Waals surface area contributed by atoms with Crippen molar-refractivity contribution in [3.05, 3.63) is 95.8 Å². The second-order valence-corrected chi connectivity index (χ2v) is 12.6. The Hall–Kier alpha value is -2.81. The minimum atomic E-state index is -0.798. The molecular formula is C38H45F3. The molecule has 0 aromatic heterocycles. The van der Waals surface area contributed by atoms with Crippen molar-refractivity contribution in [1.82, 2.24) is 0 Å². The molecule has 3 aromatic rings. The third kappa shape index (κ3) is 6.99. The van der Waals surface area contributed by atoms with Gasteiger partial charge in [0.15, 0.2) is 11.6 Å². The molecule has 0 nitrogen and oxygen atoms in total. The molecule has 0 heterocycles. The molecule has 5 rings (SSSR count). The van der Waals surface area contributed by atoms with E-state index in [1.54, 1.807) is 30.3 Å². The highest BCUT2D eigenvalue weighted by molar-refractivity contribution is 5.71. The van der Waals surface area contributed by atoms with Gasteiger partial charge in [-0.3, -0.25) is 0 Å². The quantitative estimate of drug-likeness (QED) is 0.217. The Morgan fingerprint density at radius 3 is 2.00 bits per heavy atom. The second-order valence-electron chi connectivity index (χ2n) is 12.6. The summed E-state index contributed by atoms with van der Waals surface area (Å²) in [6, 6.07) is 16.3. The van der Waals surface area contributed by atoms with Crippen LogP contribution >= 0.6 is 0 Å². The van der Waals surface area contributed by atoms with E-state index in [2.05, 4.69) is 12.7 Å². The summed E-state index contributed by atoms with van der Waals surface area (Å²) in [7, 11) is 0. The van der Waals surface area contributed by atoms with Gasteiger partial charge in [0.25, 0.3) is 0 Å². The average molecular weight is 559 g/mol. The van der Waals surface area contributed by atoms with Crippen molar-refractivity contribution in [1.29, 1.82) is 0 Å². The number of allylic oxidation sites excluding steroid dienone is 1. The van der Waals surface area contributed by atoms with E-state index < -0.39 is 11.6 Å². The van der Waals surface area contributed by atoms with Gasteiger partial charge in [-0.1, -0.05) is 80.8 Å². The molecule has 3 aromatic carbocycles. The van der Waals surface area contributed by atoms with Gasteiger partial charge in [-0.05, 0) is 122 Å². The van der Waals surface area contributed by atoms with Crippen LogP contribution in [0.2, 0.25) is 0 Å². The van der Waals surface area contributed by atoms with Crippen molar-refractivity contribution >= 4 is 0 Å². The van der Waals surface area contributed by atoms with E-state index in [9.17, 15) is 8.78 Å². The predicted octanol–water partition coefficient (Wildman–Crippen LogP) is 11.8. The smallest absolute Gasteiger partial charge is 0.166 e. The number of halogens is 3. The van der Waals surface area contributed by atoms with E-state index >= 15 is 4.39 Å². The molecule has 41 heavy (non-hydrogen) atoms. The van der Waals surface area contributed by atoms with E-state index in [4.69, 9.17) is 0 Å². The minimum Gasteiger partial charge on any atom is -0.207 e. The maximum absolute atomic E-state index is 15.4. The van der Waals surface area contributed by atoms with Gasteiger partial charge in [0, 0.05) is 5.56 Å². The van der Waals surface area contributed by atoms with Gasteiger partial charge in [0.2, 0.25) is 0 Å². The Labute approximate surface area is 245 Å². The largest absolute Gasteiger partial charge is 0.207 e. The summed E-state index contributed by atoms with van der Waals surface area (Å²) in [6.07, 6.45) is 16.8. The predicted molar refractivity (Wildman–Crippen MR) is 165 cm³/mol. The second kappa shape index (κ2) is 13.9. The van der Waals surface area contributed by atoms with E-state index in [1.807, 2.05) is 31.2 Å². The lowest BCUT2D eigenvalue weighted by atomic mass is 9.68. The Morgan fingerprint density at radius 1 is 0.732 bits per heavy atom. The van der Waals surface area contributed by atoms with Crippen LogP contribution in [0.25, 0.3) is 22.3 Å². The van der Waals surface area contributed by atoms with E-state index in [0.717, 1.165) is 66.5 Å². The first-order chi connectivity index (χ1) is 20.0. The molecule has 0 bridgehead atoms. The summed E-state index contributed by atoms with van der Waals surface area (Å²) in [5, 5.41) is 0. The molecule has 218 valence electrons. The van der Waals surface area contributed by atoms with Gasteiger partial charge in [-0.2, -0.15) is 0 Å². The fraction of sp³-hybridized carbons (Fsp3) is 0.474. The molecule has 0 atom stereocenters. The van der Waals surface area contributed by atoms with Crippen LogP contribution in [0.4, 0.5) is 13.2 Å². The molecule has 2 fully saturated rings. The highest BCUT2D eigenvalue weighted by Crippen LogP contribution is 2.45. The van der Waals surface area contributed by atoms with E-state index in [1.165, 1.54) is 44.9 Å². The van der Waals surface area contributed by atoms with Gasteiger partial charge < -0.3 is 0 Å². The molecule has 2 aliphatic rings. The van der Waals surface area contributed by atoms with Gasteiger partial charge in [-0.25, -0.2) is 13.2 Å². The molecule has 0 aliphatic heterocycles. The Bertz CT molecular complexity index is 1290. The van der Waals surface area contributed by atoms with Crippen molar-refractivity contribution in [3.63, 3.8) is 0 Å². The summed E-state index contributed by atoms with van der Waals surface area (Å²) in [6.45, 7) is 5.91. The topological polar surface area (TPSA) is 0 Å². The van der Waals surface area contributed by atoms with Crippen molar-refractivity contribution < 1.29 is 13.2 Å². The van der Waals surface area contributed by atoms with E-state index in [-0.39, 0.29) is 11.4 Å². The molecule has 0 N–H and O–H groups in total. The Balaban J connectivity index is 1.19. The van der Waals surface area contributed by atoms with Gasteiger partial charge in [0.1, 0.15) is 5.82 Å². The van der Waals surface area contributed by atoms with Crippen LogP contribution in [0.15, 0.2) is 67.3 Å². The SMILES string of the molecule is C=CCCC1CCC(C2CCC(c3ccc(-c4ccc(-c5ccc(CCCC)c(F)c5F)cc4)cc3F)CC2)CC1. The van der Waals surface area contributed by atoms with Crippen molar-refractivity contribution in [2.24, 2.45) is 17.8 Å². The monoisotopic (exact) mass is 558 g/mol. The third-order valence-electron chi connectivity index (χ3n) is 10.0. The van der Waals surface area contributed by atoms with Crippen LogP contribution in [0, 0.1) is 35.2 Å². The van der Waals surface area contributed by atoms with Crippen LogP contribution < -0.4 is 0 Å². The van der Waals surface area contributed by atoms with Crippen molar-refractivity contribution in [2.45, 2.75) is 96.3 Å². The lowest BCUT2D eigenvalue weighted by Gasteiger charge is -2.38. The molecular weight excluding hydrogens is 513 g/mol. The number of aryl methyl sites for hydroxylation is 1. The lowest BCUT2D eigenvalue weighted by Crippen LogP contribution is -2.25. The van der Waals surface area contributed by atoms with Crippen LogP contribution in [0.5, 0.6) is 0 Å². The fourth-order valence-electron chi connectivity index (χ4n) is 7.46. The van der Waals surface area contributed by atoms with Gasteiger partial charge in [-0.15, -0.1) is 6.58 Å². The Morgan fingerprint density at radius 2 is 1.37 bits per heavy atom. The molecule has 0 unspecified atom stereocenters. The first kappa shape index (κ1) is 29.7. The van der Waals surface area contributed by atoms with Crippen LogP contribution in [0.1, 0.15) is 101 Å². The zero-order valence-electron chi connectivity index (χ0n) is 24.6. The number of hydrogen-bond donors (Lipinski definition) is 0. The van der Waals surface area contributed by atoms with Crippen LogP contribution in [-0.2, 0) is 6.42 Å². The van der Waals surface area contributed by atoms with Gasteiger partial charge in [0.05, 0.1) is 0 Å². The number of benzene rings is 3. The zero-order chi connectivity index (χ0) is 28.8. The maximum Gasteiger partial charge on any atom is 0.166 e. The summed E-state index contributed by atoms with van der Waals surface area (Å²) in [5.41, 5.74) is 3.82. The average Bonchev–Trinajstić information content (AvgIpc) is 3.01. The first-order valence-electron chi connectivity index (χ1n) is 16.0. The standard InChI is InChI=1S/C38H45F3/c1-3-5-7-26-9-11-27(12-10-26)28-13-17-30(18-14-28)34-23-22-33(25-36(34)39)29-15-19-31(20-16-29)35-24-21-32(8-6-4-2)37(40)38(35)41/h3,15-16,19-28,30H,1,4-14,17-18H2,2H3. The minimum absolute atomic E-state index is 0.131. The number of hydrogen-bond acceptors (Lipinski definition) is 0. The van der Waals surface area contributed by atoms with Crippen LogP contribution in [0.3, 0.4) is 0 Å². The summed E-state index contributed by atoms with van der Waals surface area (Å²) < 4.78 is 44.8. The fourth-order valence-corrected chi connectivity index (χ4v) is 7.46. The maximum atomic E-state index is 15.4. The third-order valence-corrected chi connectivity index (χ3v) is 10.0. The van der Waals surface area contributed by atoms with E-state index in [0.29, 0.717) is 23.5 Å². The van der Waals surface area contributed by atoms with Crippen molar-refractivity contribution in [3.8, 4) is 22.3 Å². The lowest BCUT2D eigenvalue weighted by molar-refractivity contribution is 0.156. The Kier molecular flexibility index (Phi) is 10.1. The summed E-state index contributed by atoms with van der Waals surface area (Å²) in [5.74, 6) is 1.16. The van der Waals surface area contributed by atoms with Crippen LogP contribution in [-0.4, -0.2) is 0 Å². The number of rotatable bonds is 10. The van der Waals surface area contributed by atoms with Gasteiger partial charge >= 0.3 is 0 Å². The molecule has 0 saturated heterocycles. The highest BCUT2D eigenvalue weighted by Gasteiger charge is 2.32. The first-order valence-corrected chi connectivity index (χ1v) is 16.0. The normalized spacial score (nSPS) is 22.9. The molecule has 0 spiro atoms. The molecule has 3 heteroatoms. The molecule has 0 amide bonds.